The lowest BCUT2D eigenvalue weighted by Gasteiger charge is -2.45. The highest BCUT2D eigenvalue weighted by Crippen LogP contribution is 2.44. The number of halogens is 2. The number of nitrogens with zero attached hydrogens (tertiary/aromatic N) is 1. The number of benzene rings is 3. The molecule has 1 amide bonds. The average Bonchev–Trinajstić information content (AvgIpc) is 2.77. The van der Waals surface area contributed by atoms with E-state index in [9.17, 15) is 9.90 Å². The lowest BCUT2D eigenvalue weighted by molar-refractivity contribution is -0.165. The topological polar surface area (TPSA) is 49.8 Å². The normalized spacial score (nSPS) is 20.2. The summed E-state index contributed by atoms with van der Waals surface area (Å²) in [5.41, 5.74) is 2.65. The van der Waals surface area contributed by atoms with E-state index in [1.165, 1.54) is 0 Å². The molecule has 1 heterocycles. The van der Waals surface area contributed by atoms with Crippen LogP contribution in [0.15, 0.2) is 78.9 Å². The Kier molecular flexibility index (Phi) is 6.40. The van der Waals surface area contributed by atoms with Crippen molar-refractivity contribution in [2.24, 2.45) is 0 Å². The second-order valence-corrected chi connectivity index (χ2v) is 8.06. The van der Waals surface area contributed by atoms with Gasteiger partial charge in [0.1, 0.15) is 12.7 Å². The van der Waals surface area contributed by atoms with Crippen LogP contribution in [0, 0.1) is 0 Å². The van der Waals surface area contributed by atoms with E-state index in [2.05, 4.69) is 0 Å². The van der Waals surface area contributed by atoms with Crippen LogP contribution in [0.2, 0.25) is 10.0 Å². The van der Waals surface area contributed by atoms with Gasteiger partial charge in [0, 0.05) is 10.0 Å². The zero-order valence-corrected chi connectivity index (χ0v) is 17.6. The fourth-order valence-corrected chi connectivity index (χ4v) is 4.20. The third-order valence-corrected chi connectivity index (χ3v) is 5.87. The number of aliphatic hydroxyl groups excluding tert-OH is 1. The summed E-state index contributed by atoms with van der Waals surface area (Å²) in [5, 5.41) is 11.5. The van der Waals surface area contributed by atoms with Crippen LogP contribution in [-0.4, -0.2) is 29.1 Å². The van der Waals surface area contributed by atoms with Gasteiger partial charge in [0.05, 0.1) is 18.7 Å². The zero-order chi connectivity index (χ0) is 21.1. The summed E-state index contributed by atoms with van der Waals surface area (Å²) in [4.78, 5) is 14.8. The molecule has 1 aliphatic heterocycles. The quantitative estimate of drug-likeness (QED) is 0.578. The fourth-order valence-electron chi connectivity index (χ4n) is 3.95. The van der Waals surface area contributed by atoms with E-state index in [1.54, 1.807) is 29.2 Å². The number of rotatable bonds is 5. The highest BCUT2D eigenvalue weighted by atomic mass is 35.5. The first-order chi connectivity index (χ1) is 14.6. The van der Waals surface area contributed by atoms with Gasteiger partial charge < -0.3 is 14.7 Å². The van der Waals surface area contributed by atoms with Crippen molar-refractivity contribution in [2.45, 2.75) is 18.2 Å². The van der Waals surface area contributed by atoms with Gasteiger partial charge in [-0.25, -0.2) is 0 Å². The molecule has 1 fully saturated rings. The molecule has 0 aliphatic carbocycles. The molecule has 30 heavy (non-hydrogen) atoms. The Hall–Kier alpha value is -2.37. The minimum absolute atomic E-state index is 0.0687. The van der Waals surface area contributed by atoms with Crippen molar-refractivity contribution < 1.29 is 14.6 Å². The van der Waals surface area contributed by atoms with Gasteiger partial charge in [-0.15, -0.1) is 0 Å². The summed E-state index contributed by atoms with van der Waals surface area (Å²) in [6.07, 6.45) is -0.418. The van der Waals surface area contributed by atoms with Gasteiger partial charge in [-0.2, -0.15) is 0 Å². The third-order valence-electron chi connectivity index (χ3n) is 5.36. The summed E-state index contributed by atoms with van der Waals surface area (Å²) in [6.45, 7) is -0.270. The summed E-state index contributed by atoms with van der Waals surface area (Å²) in [6, 6.07) is 23.4. The minimum Gasteiger partial charge on any atom is -0.394 e. The predicted octanol–water partition coefficient (Wildman–Crippen LogP) is 5.37. The highest BCUT2D eigenvalue weighted by molar-refractivity contribution is 6.30. The molecule has 4 rings (SSSR count). The Balaban J connectivity index is 1.83. The Labute approximate surface area is 185 Å². The fraction of sp³-hybridized carbons (Fsp3) is 0.208. The number of aliphatic hydroxyl groups is 1. The van der Waals surface area contributed by atoms with Crippen LogP contribution in [0.5, 0.6) is 0 Å². The average molecular weight is 442 g/mol. The van der Waals surface area contributed by atoms with Crippen molar-refractivity contribution in [1.82, 2.24) is 4.90 Å². The van der Waals surface area contributed by atoms with E-state index in [4.69, 9.17) is 27.9 Å². The van der Waals surface area contributed by atoms with Gasteiger partial charge in [-0.3, -0.25) is 4.79 Å². The van der Waals surface area contributed by atoms with Crippen molar-refractivity contribution in [3.8, 4) is 0 Å². The Morgan fingerprint density at radius 1 is 0.900 bits per heavy atom. The first-order valence-electron chi connectivity index (χ1n) is 9.68. The molecule has 6 heteroatoms. The number of hydrogen-bond donors (Lipinski definition) is 1. The van der Waals surface area contributed by atoms with E-state index < -0.39 is 18.2 Å². The van der Waals surface area contributed by atoms with Crippen molar-refractivity contribution in [1.29, 1.82) is 0 Å². The SMILES string of the molecule is O=C1CO[C@H](c2ccc(Cl)cc2)[C@H](c2ccc(Cl)cc2)N1[C@@H](CO)c1ccccc1. The second kappa shape index (κ2) is 9.19. The Morgan fingerprint density at radius 2 is 1.47 bits per heavy atom. The van der Waals surface area contributed by atoms with Gasteiger partial charge in [0.25, 0.3) is 0 Å². The Morgan fingerprint density at radius 3 is 2.03 bits per heavy atom. The number of hydrogen-bond acceptors (Lipinski definition) is 3. The number of amides is 1. The lowest BCUT2D eigenvalue weighted by Crippen LogP contribution is -2.48. The standard InChI is InChI=1S/C24H21Cl2NO3/c25-19-10-6-17(7-11-19)23-24(18-8-12-20(26)13-9-18)30-15-22(29)27(23)21(14-28)16-4-2-1-3-5-16/h1-13,21,23-24,28H,14-15H2/t21-,23-,24+/m0/s1. The molecule has 1 N–H and O–H groups in total. The van der Waals surface area contributed by atoms with Crippen molar-refractivity contribution >= 4 is 29.1 Å². The van der Waals surface area contributed by atoms with Crippen molar-refractivity contribution in [3.63, 3.8) is 0 Å². The van der Waals surface area contributed by atoms with Crippen LogP contribution < -0.4 is 0 Å². The lowest BCUT2D eigenvalue weighted by atomic mass is 9.90. The molecule has 0 bridgehead atoms. The number of morpholine rings is 1. The molecular formula is C24H21Cl2NO3. The molecule has 0 saturated carbocycles. The van der Waals surface area contributed by atoms with Gasteiger partial charge in [0.2, 0.25) is 5.91 Å². The van der Waals surface area contributed by atoms with E-state index in [-0.39, 0.29) is 19.1 Å². The smallest absolute Gasteiger partial charge is 0.249 e. The van der Waals surface area contributed by atoms with E-state index >= 15 is 0 Å². The maximum Gasteiger partial charge on any atom is 0.249 e. The zero-order valence-electron chi connectivity index (χ0n) is 16.1. The molecule has 3 aromatic rings. The molecule has 154 valence electrons. The summed E-state index contributed by atoms with van der Waals surface area (Å²) in [7, 11) is 0. The predicted molar refractivity (Wildman–Crippen MR) is 117 cm³/mol. The minimum atomic E-state index is -0.502. The molecular weight excluding hydrogens is 421 g/mol. The van der Waals surface area contributed by atoms with E-state index in [1.807, 2.05) is 54.6 Å². The van der Waals surface area contributed by atoms with E-state index in [0.29, 0.717) is 10.0 Å². The van der Waals surface area contributed by atoms with Crippen LogP contribution in [0.4, 0.5) is 0 Å². The monoisotopic (exact) mass is 441 g/mol. The van der Waals surface area contributed by atoms with Crippen LogP contribution in [0.25, 0.3) is 0 Å². The van der Waals surface area contributed by atoms with E-state index in [0.717, 1.165) is 16.7 Å². The molecule has 1 aliphatic rings. The third kappa shape index (κ3) is 4.23. The van der Waals surface area contributed by atoms with Crippen molar-refractivity contribution in [3.05, 3.63) is 106 Å². The molecule has 3 aromatic carbocycles. The van der Waals surface area contributed by atoms with Crippen LogP contribution in [-0.2, 0) is 9.53 Å². The Bertz CT molecular complexity index is 993. The number of carbonyl (C=O) groups excluding carboxylic acids is 1. The molecule has 0 spiro atoms. The highest BCUT2D eigenvalue weighted by Gasteiger charge is 2.42. The number of carbonyl (C=O) groups is 1. The largest absolute Gasteiger partial charge is 0.394 e. The summed E-state index contributed by atoms with van der Waals surface area (Å²) < 4.78 is 6.03. The molecule has 1 saturated heterocycles. The number of ether oxygens (including phenoxy) is 1. The molecule has 3 atom stereocenters. The van der Waals surface area contributed by atoms with Gasteiger partial charge >= 0.3 is 0 Å². The van der Waals surface area contributed by atoms with Crippen LogP contribution in [0.3, 0.4) is 0 Å². The first kappa shape index (κ1) is 20.9. The van der Waals surface area contributed by atoms with Crippen molar-refractivity contribution in [2.75, 3.05) is 13.2 Å². The second-order valence-electron chi connectivity index (χ2n) is 7.19. The van der Waals surface area contributed by atoms with Gasteiger partial charge in [-0.1, -0.05) is 77.8 Å². The van der Waals surface area contributed by atoms with Crippen LogP contribution >= 0.6 is 23.2 Å². The molecule has 4 nitrogen and oxygen atoms in total. The summed E-state index contributed by atoms with van der Waals surface area (Å²) >= 11 is 12.2. The first-order valence-corrected chi connectivity index (χ1v) is 10.4. The molecule has 0 aromatic heterocycles. The van der Waals surface area contributed by atoms with Crippen LogP contribution in [0.1, 0.15) is 34.9 Å². The van der Waals surface area contributed by atoms with Gasteiger partial charge in [-0.05, 0) is 41.0 Å². The summed E-state index contributed by atoms with van der Waals surface area (Å²) in [5.74, 6) is -0.178. The molecule has 0 unspecified atom stereocenters. The maximum atomic E-state index is 13.1. The van der Waals surface area contributed by atoms with Gasteiger partial charge in [0.15, 0.2) is 0 Å². The maximum absolute atomic E-state index is 13.1. The molecule has 0 radical (unpaired) electrons.